The van der Waals surface area contributed by atoms with Crippen molar-refractivity contribution in [1.82, 2.24) is 9.97 Å². The number of carbonyl (C=O) groups is 1. The Morgan fingerprint density at radius 1 is 1.33 bits per heavy atom. The molecule has 0 aliphatic rings. The van der Waals surface area contributed by atoms with E-state index in [9.17, 15) is 13.6 Å². The van der Waals surface area contributed by atoms with Crippen LogP contribution in [0.25, 0.3) is 0 Å². The molecule has 0 aliphatic heterocycles. The zero-order valence-electron chi connectivity index (χ0n) is 11.1. The smallest absolute Gasteiger partial charge is 0.264 e. The number of halogens is 3. The standard InChI is InChI=1S/C13H10ClF2N3O2/c1-6-3-4-7(15)10(11(6)16)12(20)19-13-17-8(14)5-9(18-13)21-2/h3-5H,1-2H3,(H,17,18,19,20). The van der Waals surface area contributed by atoms with Crippen molar-refractivity contribution in [3.8, 4) is 5.88 Å². The number of aromatic nitrogens is 2. The molecule has 1 amide bonds. The number of rotatable bonds is 3. The van der Waals surface area contributed by atoms with Crippen molar-refractivity contribution in [3.05, 3.63) is 46.1 Å². The summed E-state index contributed by atoms with van der Waals surface area (Å²) in [5, 5.41) is 2.19. The molecular weight excluding hydrogens is 304 g/mol. The molecule has 0 fully saturated rings. The normalized spacial score (nSPS) is 10.3. The minimum absolute atomic E-state index is 0.0161. The summed E-state index contributed by atoms with van der Waals surface area (Å²) in [5.74, 6) is -3.05. The number of nitrogens with one attached hydrogen (secondary N) is 1. The highest BCUT2D eigenvalue weighted by atomic mass is 35.5. The maximum Gasteiger partial charge on any atom is 0.264 e. The average Bonchev–Trinajstić information content (AvgIpc) is 2.42. The number of aryl methyl sites for hydroxylation is 1. The van der Waals surface area contributed by atoms with Crippen molar-refractivity contribution in [1.29, 1.82) is 0 Å². The maximum absolute atomic E-state index is 13.8. The van der Waals surface area contributed by atoms with Crippen molar-refractivity contribution in [2.45, 2.75) is 6.92 Å². The molecule has 0 saturated heterocycles. The molecule has 0 aliphatic carbocycles. The van der Waals surface area contributed by atoms with Crippen molar-refractivity contribution in [3.63, 3.8) is 0 Å². The molecule has 5 nitrogen and oxygen atoms in total. The van der Waals surface area contributed by atoms with E-state index in [2.05, 4.69) is 15.3 Å². The van der Waals surface area contributed by atoms with Crippen molar-refractivity contribution in [2.24, 2.45) is 0 Å². The molecule has 0 bridgehead atoms. The van der Waals surface area contributed by atoms with E-state index in [0.29, 0.717) is 0 Å². The van der Waals surface area contributed by atoms with E-state index in [1.807, 2.05) is 0 Å². The molecule has 21 heavy (non-hydrogen) atoms. The van der Waals surface area contributed by atoms with Gasteiger partial charge in [-0.3, -0.25) is 10.1 Å². The number of carbonyl (C=O) groups excluding carboxylic acids is 1. The fourth-order valence-corrected chi connectivity index (χ4v) is 1.76. The minimum atomic E-state index is -1.02. The number of benzene rings is 1. The fourth-order valence-electron chi connectivity index (χ4n) is 1.59. The Morgan fingerprint density at radius 3 is 2.71 bits per heavy atom. The summed E-state index contributed by atoms with van der Waals surface area (Å²) < 4.78 is 32.3. The van der Waals surface area contributed by atoms with Crippen molar-refractivity contribution >= 4 is 23.5 Å². The van der Waals surface area contributed by atoms with Gasteiger partial charge in [-0.2, -0.15) is 4.98 Å². The molecule has 0 atom stereocenters. The molecule has 1 aromatic heterocycles. The molecule has 0 saturated carbocycles. The Kier molecular flexibility index (Phi) is 4.32. The van der Waals surface area contributed by atoms with E-state index in [-0.39, 0.29) is 22.5 Å². The van der Waals surface area contributed by atoms with E-state index in [4.69, 9.17) is 16.3 Å². The van der Waals surface area contributed by atoms with Crippen LogP contribution in [0.1, 0.15) is 15.9 Å². The Hall–Kier alpha value is -2.28. The van der Waals surface area contributed by atoms with Crippen LogP contribution in [0.4, 0.5) is 14.7 Å². The summed E-state index contributed by atoms with van der Waals surface area (Å²) in [6.45, 7) is 1.42. The molecule has 1 aromatic carbocycles. The van der Waals surface area contributed by atoms with Gasteiger partial charge in [0.25, 0.3) is 5.91 Å². The summed E-state index contributed by atoms with van der Waals surface area (Å²) in [6.07, 6.45) is 0. The first-order valence-electron chi connectivity index (χ1n) is 5.77. The van der Waals surface area contributed by atoms with Crippen LogP contribution in [0.3, 0.4) is 0 Å². The average molecular weight is 314 g/mol. The highest BCUT2D eigenvalue weighted by Crippen LogP contribution is 2.19. The molecule has 110 valence electrons. The van der Waals surface area contributed by atoms with E-state index >= 15 is 0 Å². The van der Waals surface area contributed by atoms with Crippen LogP contribution in [0, 0.1) is 18.6 Å². The second kappa shape index (κ2) is 6.01. The van der Waals surface area contributed by atoms with Crippen LogP contribution >= 0.6 is 11.6 Å². The fraction of sp³-hybridized carbons (Fsp3) is 0.154. The monoisotopic (exact) mass is 313 g/mol. The van der Waals surface area contributed by atoms with Gasteiger partial charge in [-0.25, -0.2) is 13.8 Å². The first kappa shape index (κ1) is 15.1. The van der Waals surface area contributed by atoms with Gasteiger partial charge in [0.1, 0.15) is 22.4 Å². The number of nitrogens with zero attached hydrogens (tertiary/aromatic N) is 2. The van der Waals surface area contributed by atoms with E-state index in [1.165, 1.54) is 26.2 Å². The second-order valence-corrected chi connectivity index (χ2v) is 4.45. The molecule has 0 spiro atoms. The van der Waals surface area contributed by atoms with Gasteiger partial charge in [0.2, 0.25) is 11.8 Å². The zero-order chi connectivity index (χ0) is 15.6. The number of anilines is 1. The predicted octanol–water partition coefficient (Wildman–Crippen LogP) is 2.98. The lowest BCUT2D eigenvalue weighted by Gasteiger charge is -2.08. The van der Waals surface area contributed by atoms with E-state index < -0.39 is 23.1 Å². The molecular formula is C13H10ClF2N3O2. The Bertz CT molecular complexity index is 710. The van der Waals surface area contributed by atoms with Crippen molar-refractivity contribution < 1.29 is 18.3 Å². The van der Waals surface area contributed by atoms with Crippen LogP contribution in [0.15, 0.2) is 18.2 Å². The molecule has 0 radical (unpaired) electrons. The second-order valence-electron chi connectivity index (χ2n) is 4.06. The van der Waals surface area contributed by atoms with Gasteiger partial charge < -0.3 is 4.74 Å². The maximum atomic E-state index is 13.8. The summed E-state index contributed by atoms with van der Waals surface area (Å²) >= 11 is 5.72. The summed E-state index contributed by atoms with van der Waals surface area (Å²) in [6, 6.07) is 3.57. The molecule has 2 aromatic rings. The van der Waals surface area contributed by atoms with Crippen LogP contribution in [0.5, 0.6) is 5.88 Å². The topological polar surface area (TPSA) is 64.1 Å². The van der Waals surface area contributed by atoms with Crippen LogP contribution in [-0.2, 0) is 0 Å². The Balaban J connectivity index is 2.35. The number of ether oxygens (including phenoxy) is 1. The predicted molar refractivity (Wildman–Crippen MR) is 72.6 cm³/mol. The molecule has 8 heteroatoms. The van der Waals surface area contributed by atoms with Gasteiger partial charge in [-0.05, 0) is 18.6 Å². The first-order chi connectivity index (χ1) is 9.92. The van der Waals surface area contributed by atoms with E-state index in [0.717, 1.165) is 6.07 Å². The van der Waals surface area contributed by atoms with Crippen molar-refractivity contribution in [2.75, 3.05) is 12.4 Å². The lowest BCUT2D eigenvalue weighted by atomic mass is 10.1. The minimum Gasteiger partial charge on any atom is -0.481 e. The van der Waals surface area contributed by atoms with Crippen LogP contribution in [-0.4, -0.2) is 23.0 Å². The third-order valence-corrected chi connectivity index (χ3v) is 2.81. The Morgan fingerprint density at radius 2 is 2.05 bits per heavy atom. The largest absolute Gasteiger partial charge is 0.481 e. The van der Waals surface area contributed by atoms with Gasteiger partial charge in [0.05, 0.1) is 7.11 Å². The lowest BCUT2D eigenvalue weighted by molar-refractivity contribution is 0.101. The quantitative estimate of drug-likeness (QED) is 0.885. The zero-order valence-corrected chi connectivity index (χ0v) is 11.8. The van der Waals surface area contributed by atoms with Crippen LogP contribution < -0.4 is 10.1 Å². The molecule has 2 rings (SSSR count). The SMILES string of the molecule is COc1cc(Cl)nc(NC(=O)c2c(F)ccc(C)c2F)n1. The molecule has 0 unspecified atom stereocenters. The summed E-state index contributed by atoms with van der Waals surface area (Å²) in [4.78, 5) is 19.5. The van der Waals surface area contributed by atoms with Gasteiger partial charge in [0.15, 0.2) is 0 Å². The summed E-state index contributed by atoms with van der Waals surface area (Å²) in [5.41, 5.74) is -0.566. The van der Waals surface area contributed by atoms with Gasteiger partial charge in [-0.1, -0.05) is 17.7 Å². The number of amides is 1. The Labute approximate surface area is 123 Å². The van der Waals surface area contributed by atoms with E-state index in [1.54, 1.807) is 0 Å². The van der Waals surface area contributed by atoms with Gasteiger partial charge in [0, 0.05) is 6.07 Å². The lowest BCUT2D eigenvalue weighted by Crippen LogP contribution is -2.18. The highest BCUT2D eigenvalue weighted by Gasteiger charge is 2.20. The number of methoxy groups -OCH3 is 1. The third-order valence-electron chi connectivity index (χ3n) is 2.62. The van der Waals surface area contributed by atoms with Crippen LogP contribution in [0.2, 0.25) is 5.15 Å². The number of hydrogen-bond donors (Lipinski definition) is 1. The summed E-state index contributed by atoms with van der Waals surface area (Å²) in [7, 11) is 1.35. The molecule has 1 N–H and O–H groups in total. The molecule has 1 heterocycles. The third kappa shape index (κ3) is 3.25. The highest BCUT2D eigenvalue weighted by molar-refractivity contribution is 6.29. The number of hydrogen-bond acceptors (Lipinski definition) is 4. The van der Waals surface area contributed by atoms with Gasteiger partial charge >= 0.3 is 0 Å². The first-order valence-corrected chi connectivity index (χ1v) is 6.14. The van der Waals surface area contributed by atoms with Gasteiger partial charge in [-0.15, -0.1) is 0 Å².